The molecule has 0 aliphatic heterocycles. The van der Waals surface area contributed by atoms with Crippen molar-refractivity contribution in [1.29, 1.82) is 0 Å². The van der Waals surface area contributed by atoms with Crippen molar-refractivity contribution in [3.63, 3.8) is 0 Å². The molecule has 0 atom stereocenters. The normalized spacial score (nSPS) is 11.6. The van der Waals surface area contributed by atoms with Gasteiger partial charge < -0.3 is 5.11 Å². The molecule has 0 saturated heterocycles. The lowest BCUT2D eigenvalue weighted by molar-refractivity contribution is -0.117. The molecule has 0 aliphatic carbocycles. The molecule has 1 aromatic heterocycles. The van der Waals surface area contributed by atoms with Gasteiger partial charge in [-0.15, -0.1) is 5.11 Å². The summed E-state index contributed by atoms with van der Waals surface area (Å²) in [6.07, 6.45) is 0. The number of H-pyrrole nitrogens is 1. The van der Waals surface area contributed by atoms with E-state index in [0.717, 1.165) is 6.92 Å². The maximum Gasteiger partial charge on any atom is 0.296 e. The Morgan fingerprint density at radius 1 is 1.07 bits per heavy atom. The minimum absolute atomic E-state index is 0.127. The van der Waals surface area contributed by atoms with Crippen molar-refractivity contribution in [2.24, 2.45) is 10.2 Å². The van der Waals surface area contributed by atoms with Crippen LogP contribution in [0.15, 0.2) is 74.5 Å². The fourth-order valence-electron chi connectivity index (χ4n) is 2.32. The summed E-state index contributed by atoms with van der Waals surface area (Å²) in [5.74, 6) is -1.12. The van der Waals surface area contributed by atoms with Crippen LogP contribution in [0.2, 0.25) is 0 Å². The van der Waals surface area contributed by atoms with Crippen molar-refractivity contribution < 1.29 is 18.3 Å². The van der Waals surface area contributed by atoms with Gasteiger partial charge in [0.2, 0.25) is 17.5 Å². The van der Waals surface area contributed by atoms with Crippen molar-refractivity contribution in [3.05, 3.63) is 65.0 Å². The van der Waals surface area contributed by atoms with Gasteiger partial charge in [0.15, 0.2) is 0 Å². The van der Waals surface area contributed by atoms with Crippen LogP contribution in [-0.4, -0.2) is 29.2 Å². The third-order valence-electron chi connectivity index (χ3n) is 3.56. The van der Waals surface area contributed by atoms with E-state index in [1.807, 2.05) is 4.72 Å². The first-order valence-electron chi connectivity index (χ1n) is 7.92. The quantitative estimate of drug-likeness (QED) is 0.560. The monoisotopic (exact) mass is 401 g/mol. The van der Waals surface area contributed by atoms with E-state index in [-0.39, 0.29) is 16.3 Å². The minimum Gasteiger partial charge on any atom is -0.492 e. The van der Waals surface area contributed by atoms with Crippen molar-refractivity contribution in [2.45, 2.75) is 11.8 Å². The Kier molecular flexibility index (Phi) is 5.09. The standard InChI is InChI=1S/C17H15N5O5S/c1-11(23)21-28(26,27)14-9-7-12(8-10-14)18-19-15-16(24)20-22(17(15)25)13-5-3-2-4-6-13/h2-10,25H,1H3,(H,20,24)(H,21,23). The number of rotatable bonds is 5. The number of azo groups is 1. The van der Waals surface area contributed by atoms with E-state index in [1.54, 1.807) is 30.3 Å². The maximum absolute atomic E-state index is 12.0. The van der Waals surface area contributed by atoms with Gasteiger partial charge in [-0.2, -0.15) is 5.11 Å². The first kappa shape index (κ1) is 19.0. The molecule has 0 bridgehead atoms. The van der Waals surface area contributed by atoms with E-state index < -0.39 is 27.4 Å². The largest absolute Gasteiger partial charge is 0.492 e. The number of carbonyl (C=O) groups is 1. The Hall–Kier alpha value is -3.73. The van der Waals surface area contributed by atoms with Crippen LogP contribution in [0.4, 0.5) is 11.4 Å². The summed E-state index contributed by atoms with van der Waals surface area (Å²) >= 11 is 0. The SMILES string of the molecule is CC(=O)NS(=O)(=O)c1ccc(N=Nc2c(O)n(-c3ccccc3)[nH]c2=O)cc1. The third kappa shape index (κ3) is 3.99. The number of aromatic nitrogens is 2. The number of aromatic amines is 1. The molecule has 0 spiro atoms. The zero-order chi connectivity index (χ0) is 20.3. The van der Waals surface area contributed by atoms with Crippen molar-refractivity contribution in [2.75, 3.05) is 0 Å². The average Bonchev–Trinajstić information content (AvgIpc) is 2.94. The molecule has 1 heterocycles. The second kappa shape index (κ2) is 7.48. The zero-order valence-corrected chi connectivity index (χ0v) is 15.3. The van der Waals surface area contributed by atoms with Crippen LogP contribution >= 0.6 is 0 Å². The molecule has 3 N–H and O–H groups in total. The molecule has 0 fully saturated rings. The highest BCUT2D eigenvalue weighted by molar-refractivity contribution is 7.90. The van der Waals surface area contributed by atoms with Crippen LogP contribution in [0, 0.1) is 0 Å². The van der Waals surface area contributed by atoms with Gasteiger partial charge in [-0.05, 0) is 36.4 Å². The summed E-state index contributed by atoms with van der Waals surface area (Å²) in [4.78, 5) is 22.9. The van der Waals surface area contributed by atoms with E-state index in [1.165, 1.54) is 28.9 Å². The number of benzene rings is 2. The predicted octanol–water partition coefficient (Wildman–Crippen LogP) is 2.11. The highest BCUT2D eigenvalue weighted by Crippen LogP contribution is 2.26. The summed E-state index contributed by atoms with van der Waals surface area (Å²) in [6.45, 7) is 1.09. The number of carbonyl (C=O) groups excluding carboxylic acids is 1. The Bertz CT molecular complexity index is 1190. The molecular weight excluding hydrogens is 386 g/mol. The number of nitrogens with zero attached hydrogens (tertiary/aromatic N) is 3. The van der Waals surface area contributed by atoms with E-state index in [0.29, 0.717) is 5.69 Å². The maximum atomic E-state index is 12.0. The second-order valence-electron chi connectivity index (χ2n) is 5.64. The third-order valence-corrected chi connectivity index (χ3v) is 5.01. The molecule has 144 valence electrons. The van der Waals surface area contributed by atoms with Gasteiger partial charge in [0.25, 0.3) is 15.6 Å². The van der Waals surface area contributed by atoms with Crippen LogP contribution in [0.5, 0.6) is 5.88 Å². The topological polar surface area (TPSA) is 146 Å². The Labute approximate surface area is 159 Å². The molecule has 10 nitrogen and oxygen atoms in total. The van der Waals surface area contributed by atoms with Gasteiger partial charge in [0.05, 0.1) is 16.3 Å². The highest BCUT2D eigenvalue weighted by atomic mass is 32.2. The molecule has 2 aromatic carbocycles. The van der Waals surface area contributed by atoms with E-state index >= 15 is 0 Å². The van der Waals surface area contributed by atoms with Gasteiger partial charge in [-0.3, -0.25) is 14.7 Å². The zero-order valence-electron chi connectivity index (χ0n) is 14.5. The number of sulfonamides is 1. The number of nitrogens with one attached hydrogen (secondary N) is 2. The molecule has 28 heavy (non-hydrogen) atoms. The smallest absolute Gasteiger partial charge is 0.296 e. The summed E-state index contributed by atoms with van der Waals surface area (Å²) < 4.78 is 26.8. The van der Waals surface area contributed by atoms with E-state index in [4.69, 9.17) is 0 Å². The molecule has 1 amide bonds. The van der Waals surface area contributed by atoms with Gasteiger partial charge in [0.1, 0.15) is 0 Å². The molecule has 0 radical (unpaired) electrons. The lowest BCUT2D eigenvalue weighted by atomic mass is 10.3. The van der Waals surface area contributed by atoms with Crippen molar-refractivity contribution >= 4 is 27.3 Å². The molecule has 3 aromatic rings. The Balaban J connectivity index is 1.86. The molecule has 0 saturated carbocycles. The lowest BCUT2D eigenvalue weighted by Crippen LogP contribution is -2.28. The Morgan fingerprint density at radius 3 is 2.32 bits per heavy atom. The number of aromatic hydroxyl groups is 1. The van der Waals surface area contributed by atoms with Crippen molar-refractivity contribution in [1.82, 2.24) is 14.5 Å². The molecule has 0 unspecified atom stereocenters. The van der Waals surface area contributed by atoms with Crippen LogP contribution in [0.3, 0.4) is 0 Å². The summed E-state index contributed by atoms with van der Waals surface area (Å²) in [6, 6.07) is 13.8. The van der Waals surface area contributed by atoms with Crippen molar-refractivity contribution in [3.8, 4) is 11.6 Å². The highest BCUT2D eigenvalue weighted by Gasteiger charge is 2.16. The summed E-state index contributed by atoms with van der Waals surface area (Å²) in [7, 11) is -3.95. The summed E-state index contributed by atoms with van der Waals surface area (Å²) in [5, 5.41) is 20.3. The van der Waals surface area contributed by atoms with Gasteiger partial charge in [-0.1, -0.05) is 18.2 Å². The van der Waals surface area contributed by atoms with Gasteiger partial charge >= 0.3 is 0 Å². The average molecular weight is 401 g/mol. The number of hydrogen-bond donors (Lipinski definition) is 3. The number of amides is 1. The molecule has 0 aliphatic rings. The van der Waals surface area contributed by atoms with Crippen LogP contribution in [0.25, 0.3) is 5.69 Å². The van der Waals surface area contributed by atoms with Crippen LogP contribution in [-0.2, 0) is 14.8 Å². The number of hydrogen-bond acceptors (Lipinski definition) is 7. The molecule has 3 rings (SSSR count). The number of para-hydroxylation sites is 1. The molecular formula is C17H15N5O5S. The van der Waals surface area contributed by atoms with E-state index in [9.17, 15) is 23.1 Å². The first-order chi connectivity index (χ1) is 13.3. The van der Waals surface area contributed by atoms with Crippen LogP contribution < -0.4 is 10.3 Å². The Morgan fingerprint density at radius 2 is 1.71 bits per heavy atom. The predicted molar refractivity (Wildman–Crippen MR) is 99.7 cm³/mol. The second-order valence-corrected chi connectivity index (χ2v) is 7.32. The minimum atomic E-state index is -3.95. The fourth-order valence-corrected chi connectivity index (χ4v) is 3.31. The van der Waals surface area contributed by atoms with Crippen LogP contribution in [0.1, 0.15) is 6.92 Å². The first-order valence-corrected chi connectivity index (χ1v) is 9.41. The fraction of sp³-hybridized carbons (Fsp3) is 0.0588. The van der Waals surface area contributed by atoms with E-state index in [2.05, 4.69) is 15.3 Å². The van der Waals surface area contributed by atoms with Gasteiger partial charge in [-0.25, -0.2) is 17.8 Å². The van der Waals surface area contributed by atoms with Gasteiger partial charge in [0, 0.05) is 6.92 Å². The molecule has 11 heteroatoms. The lowest BCUT2D eigenvalue weighted by Gasteiger charge is -2.04. The summed E-state index contributed by atoms with van der Waals surface area (Å²) in [5.41, 5.74) is -0.159.